The van der Waals surface area contributed by atoms with E-state index in [1.807, 2.05) is 31.2 Å². The summed E-state index contributed by atoms with van der Waals surface area (Å²) < 4.78 is 11.7. The van der Waals surface area contributed by atoms with Crippen molar-refractivity contribution in [3.8, 4) is 17.2 Å². The van der Waals surface area contributed by atoms with Crippen LogP contribution < -0.4 is 9.47 Å². The Morgan fingerprint density at radius 3 is 2.63 bits per heavy atom. The largest absolute Gasteiger partial charge is 0.507 e. The van der Waals surface area contributed by atoms with Crippen molar-refractivity contribution in [1.29, 1.82) is 0 Å². The number of hydrogen-bond donors (Lipinski definition) is 1. The van der Waals surface area contributed by atoms with Crippen molar-refractivity contribution in [3.05, 3.63) is 58.8 Å². The smallest absolute Gasteiger partial charge is 0.231 e. The minimum Gasteiger partial charge on any atom is -0.507 e. The van der Waals surface area contributed by atoms with Gasteiger partial charge >= 0.3 is 0 Å². The van der Waals surface area contributed by atoms with Gasteiger partial charge in [-0.25, -0.2) is 0 Å². The van der Waals surface area contributed by atoms with Gasteiger partial charge in [-0.3, -0.25) is 9.69 Å². The lowest BCUT2D eigenvalue weighted by atomic mass is 9.91. The van der Waals surface area contributed by atoms with Crippen LogP contribution in [0.25, 0.3) is 6.08 Å². The molecule has 30 heavy (non-hydrogen) atoms. The number of nitrogens with zero attached hydrogens (tertiary/aromatic N) is 1. The molecule has 1 N–H and O–H groups in total. The summed E-state index contributed by atoms with van der Waals surface area (Å²) in [6.07, 6.45) is 2.94. The molecule has 1 saturated heterocycles. The number of allylic oxidation sites excluding steroid dienone is 1. The van der Waals surface area contributed by atoms with Crippen LogP contribution >= 0.6 is 0 Å². The number of para-hydroxylation sites is 1. The Kier molecular flexibility index (Phi) is 5.82. The third-order valence-electron chi connectivity index (χ3n) is 5.75. The monoisotopic (exact) mass is 407 g/mol. The van der Waals surface area contributed by atoms with Crippen LogP contribution in [0.5, 0.6) is 17.2 Å². The highest BCUT2D eigenvalue weighted by atomic mass is 16.5. The first-order valence-electron chi connectivity index (χ1n) is 10.7. The maximum absolute atomic E-state index is 13.0. The van der Waals surface area contributed by atoms with Crippen molar-refractivity contribution in [2.45, 2.75) is 33.7 Å². The SMILES string of the molecule is CCOc1ccccc1/C=C1/Oc2c(ccc(O)c2CN2CC(C)CC(C)C2)C1=O. The Bertz CT molecular complexity index is 971. The van der Waals surface area contributed by atoms with E-state index in [-0.39, 0.29) is 17.3 Å². The van der Waals surface area contributed by atoms with E-state index in [1.165, 1.54) is 6.42 Å². The molecule has 2 aliphatic heterocycles. The van der Waals surface area contributed by atoms with Gasteiger partial charge in [0.1, 0.15) is 17.2 Å². The molecule has 2 atom stereocenters. The Morgan fingerprint density at radius 1 is 1.17 bits per heavy atom. The molecule has 0 spiro atoms. The fourth-order valence-corrected chi connectivity index (χ4v) is 4.62. The molecule has 158 valence electrons. The second kappa shape index (κ2) is 8.52. The van der Waals surface area contributed by atoms with Gasteiger partial charge in [0.15, 0.2) is 5.76 Å². The van der Waals surface area contributed by atoms with Gasteiger partial charge < -0.3 is 14.6 Å². The number of benzene rings is 2. The van der Waals surface area contributed by atoms with Crippen molar-refractivity contribution in [1.82, 2.24) is 4.90 Å². The summed E-state index contributed by atoms with van der Waals surface area (Å²) in [7, 11) is 0. The summed E-state index contributed by atoms with van der Waals surface area (Å²) in [5.41, 5.74) is 1.98. The topological polar surface area (TPSA) is 59.0 Å². The van der Waals surface area contributed by atoms with E-state index >= 15 is 0 Å². The number of hydrogen-bond acceptors (Lipinski definition) is 5. The molecule has 4 rings (SSSR count). The van der Waals surface area contributed by atoms with E-state index < -0.39 is 0 Å². The van der Waals surface area contributed by atoms with Crippen LogP contribution in [0.1, 0.15) is 48.7 Å². The molecular formula is C25H29NO4. The molecule has 0 bridgehead atoms. The fourth-order valence-electron chi connectivity index (χ4n) is 4.62. The maximum Gasteiger partial charge on any atom is 0.231 e. The number of fused-ring (bicyclic) bond motifs is 1. The van der Waals surface area contributed by atoms with Crippen LogP contribution in [0.15, 0.2) is 42.2 Å². The molecule has 0 aliphatic carbocycles. The number of Topliss-reactive ketones (excluding diaryl/α,β-unsaturated/α-hetero) is 1. The number of rotatable bonds is 5. The summed E-state index contributed by atoms with van der Waals surface area (Å²) in [4.78, 5) is 15.3. The second-order valence-electron chi connectivity index (χ2n) is 8.49. The van der Waals surface area contributed by atoms with Crippen molar-refractivity contribution >= 4 is 11.9 Å². The Labute approximate surface area is 177 Å². The van der Waals surface area contributed by atoms with Crippen LogP contribution in [0.2, 0.25) is 0 Å². The molecule has 2 aromatic rings. The predicted octanol–water partition coefficient (Wildman–Crippen LogP) is 4.89. The van der Waals surface area contributed by atoms with Crippen LogP contribution in [0.4, 0.5) is 0 Å². The number of carbonyl (C=O) groups excluding carboxylic acids is 1. The standard InChI is InChI=1S/C25H29NO4/c1-4-29-22-8-6-5-7-18(22)12-23-24(28)19-9-10-21(27)20(25(19)30-23)15-26-13-16(2)11-17(3)14-26/h5-10,12,16-17,27H,4,11,13-15H2,1-3H3/b23-12+. The third kappa shape index (κ3) is 4.08. The van der Waals surface area contributed by atoms with Gasteiger partial charge in [0.25, 0.3) is 0 Å². The first-order valence-corrected chi connectivity index (χ1v) is 10.7. The molecule has 2 heterocycles. The summed E-state index contributed by atoms with van der Waals surface area (Å²) in [5.74, 6) is 2.66. The Hall–Kier alpha value is -2.79. The highest BCUT2D eigenvalue weighted by Gasteiger charge is 2.33. The van der Waals surface area contributed by atoms with Crippen LogP contribution in [-0.2, 0) is 6.54 Å². The summed E-state index contributed by atoms with van der Waals surface area (Å²) >= 11 is 0. The molecule has 5 nitrogen and oxygen atoms in total. The minimum atomic E-state index is -0.169. The van der Waals surface area contributed by atoms with E-state index in [1.54, 1.807) is 18.2 Å². The molecule has 2 aromatic carbocycles. The molecule has 2 aliphatic rings. The van der Waals surface area contributed by atoms with Gasteiger partial charge in [0, 0.05) is 25.2 Å². The molecule has 0 saturated carbocycles. The van der Waals surface area contributed by atoms with E-state index in [0.29, 0.717) is 47.6 Å². The number of phenols is 1. The zero-order valence-corrected chi connectivity index (χ0v) is 17.9. The lowest BCUT2D eigenvalue weighted by Gasteiger charge is -2.35. The number of phenolic OH excluding ortho intramolecular Hbond substituents is 1. The minimum absolute atomic E-state index is 0.169. The fraction of sp³-hybridized carbons (Fsp3) is 0.400. The highest BCUT2D eigenvalue weighted by Crippen LogP contribution is 2.41. The lowest BCUT2D eigenvalue weighted by Crippen LogP contribution is -2.38. The molecule has 1 fully saturated rings. The molecule has 2 unspecified atom stereocenters. The zero-order chi connectivity index (χ0) is 21.3. The Morgan fingerprint density at radius 2 is 1.90 bits per heavy atom. The van der Waals surface area contributed by atoms with E-state index in [9.17, 15) is 9.90 Å². The average Bonchev–Trinajstić information content (AvgIpc) is 3.01. The predicted molar refractivity (Wildman–Crippen MR) is 117 cm³/mol. The van der Waals surface area contributed by atoms with Crippen LogP contribution in [0, 0.1) is 11.8 Å². The van der Waals surface area contributed by atoms with Gasteiger partial charge in [0.05, 0.1) is 17.7 Å². The first kappa shape index (κ1) is 20.5. The molecule has 0 radical (unpaired) electrons. The number of carbonyl (C=O) groups is 1. The van der Waals surface area contributed by atoms with Crippen molar-refractivity contribution in [3.63, 3.8) is 0 Å². The summed E-state index contributed by atoms with van der Waals surface area (Å²) in [6.45, 7) is 9.51. The normalized spacial score (nSPS) is 22.8. The molecule has 0 amide bonds. The Balaban J connectivity index is 1.64. The van der Waals surface area contributed by atoms with Gasteiger partial charge in [-0.2, -0.15) is 0 Å². The van der Waals surface area contributed by atoms with E-state index in [4.69, 9.17) is 9.47 Å². The number of piperidine rings is 1. The van der Waals surface area contributed by atoms with Crippen LogP contribution in [-0.4, -0.2) is 35.5 Å². The first-order chi connectivity index (χ1) is 14.5. The second-order valence-corrected chi connectivity index (χ2v) is 8.49. The number of likely N-dealkylation sites (tertiary alicyclic amines) is 1. The highest BCUT2D eigenvalue weighted by molar-refractivity contribution is 6.15. The number of ketones is 1. The quantitative estimate of drug-likeness (QED) is 0.716. The van der Waals surface area contributed by atoms with Gasteiger partial charge in [-0.15, -0.1) is 0 Å². The van der Waals surface area contributed by atoms with Crippen molar-refractivity contribution in [2.24, 2.45) is 11.8 Å². The maximum atomic E-state index is 13.0. The van der Waals surface area contributed by atoms with Gasteiger partial charge in [-0.1, -0.05) is 32.0 Å². The van der Waals surface area contributed by atoms with E-state index in [2.05, 4.69) is 18.7 Å². The number of ether oxygens (including phenoxy) is 2. The average molecular weight is 408 g/mol. The van der Waals surface area contributed by atoms with Crippen molar-refractivity contribution in [2.75, 3.05) is 19.7 Å². The zero-order valence-electron chi connectivity index (χ0n) is 17.9. The summed E-state index contributed by atoms with van der Waals surface area (Å²) in [5, 5.41) is 10.6. The lowest BCUT2D eigenvalue weighted by molar-refractivity contribution is 0.101. The van der Waals surface area contributed by atoms with Gasteiger partial charge in [-0.05, 0) is 49.5 Å². The molecular weight excluding hydrogens is 378 g/mol. The molecule has 0 aromatic heterocycles. The van der Waals surface area contributed by atoms with Crippen molar-refractivity contribution < 1.29 is 19.4 Å². The summed E-state index contributed by atoms with van der Waals surface area (Å²) in [6, 6.07) is 10.8. The van der Waals surface area contributed by atoms with Crippen LogP contribution in [0.3, 0.4) is 0 Å². The van der Waals surface area contributed by atoms with Gasteiger partial charge in [0.2, 0.25) is 5.78 Å². The van der Waals surface area contributed by atoms with E-state index in [0.717, 1.165) is 18.7 Å². The third-order valence-corrected chi connectivity index (χ3v) is 5.75. The number of aromatic hydroxyl groups is 1. The molecule has 5 heteroatoms.